The lowest BCUT2D eigenvalue weighted by Crippen LogP contribution is -2.21. The highest BCUT2D eigenvalue weighted by atomic mass is 19.3. The summed E-state index contributed by atoms with van der Waals surface area (Å²) in [6, 6.07) is 10.1. The van der Waals surface area contributed by atoms with E-state index in [4.69, 9.17) is 4.74 Å². The number of aromatic hydroxyl groups is 1. The molecule has 0 saturated heterocycles. The summed E-state index contributed by atoms with van der Waals surface area (Å²) in [4.78, 5) is 23.7. The second-order valence-corrected chi connectivity index (χ2v) is 4.97. The number of benzene rings is 2. The molecule has 6 nitrogen and oxygen atoms in total. The Labute approximate surface area is 142 Å². The first-order chi connectivity index (χ1) is 11.9. The molecule has 1 amide bonds. The molecule has 0 fully saturated rings. The topological polar surface area (TPSA) is 84.9 Å². The van der Waals surface area contributed by atoms with Crippen molar-refractivity contribution in [3.8, 4) is 11.5 Å². The van der Waals surface area contributed by atoms with Crippen molar-refractivity contribution >= 4 is 17.6 Å². The number of para-hydroxylation sites is 3. The quantitative estimate of drug-likeness (QED) is 0.781. The van der Waals surface area contributed by atoms with Crippen LogP contribution in [0.2, 0.25) is 0 Å². The van der Waals surface area contributed by atoms with Crippen molar-refractivity contribution in [2.75, 3.05) is 11.9 Å². The third-order valence-corrected chi connectivity index (χ3v) is 3.17. The smallest absolute Gasteiger partial charge is 0.387 e. The van der Waals surface area contributed by atoms with Gasteiger partial charge in [0.05, 0.1) is 5.69 Å². The number of hydrogen-bond donors (Lipinski definition) is 2. The molecule has 2 aromatic carbocycles. The zero-order valence-corrected chi connectivity index (χ0v) is 13.2. The van der Waals surface area contributed by atoms with E-state index in [9.17, 15) is 23.5 Å². The Balaban J connectivity index is 1.97. The van der Waals surface area contributed by atoms with E-state index in [2.05, 4.69) is 10.1 Å². The van der Waals surface area contributed by atoms with Gasteiger partial charge in [-0.1, -0.05) is 24.3 Å². The van der Waals surface area contributed by atoms with E-state index in [0.717, 1.165) is 0 Å². The number of alkyl halides is 2. The number of phenols is 1. The molecule has 0 heterocycles. The van der Waals surface area contributed by atoms with Crippen molar-refractivity contribution in [3.05, 3.63) is 53.6 Å². The van der Waals surface area contributed by atoms with Crippen molar-refractivity contribution in [2.45, 2.75) is 13.5 Å². The monoisotopic (exact) mass is 351 g/mol. The molecule has 25 heavy (non-hydrogen) atoms. The number of phenolic OH excluding ortho intramolecular Hbond substituents is 1. The lowest BCUT2D eigenvalue weighted by molar-refractivity contribution is -0.119. The summed E-state index contributed by atoms with van der Waals surface area (Å²) in [7, 11) is 0. The van der Waals surface area contributed by atoms with E-state index in [1.54, 1.807) is 19.1 Å². The molecule has 2 N–H and O–H groups in total. The molecule has 0 aromatic heterocycles. The van der Waals surface area contributed by atoms with Crippen LogP contribution in [-0.2, 0) is 9.53 Å². The first-order valence-electron chi connectivity index (χ1n) is 7.18. The molecule has 2 rings (SSSR count). The van der Waals surface area contributed by atoms with E-state index in [1.807, 2.05) is 0 Å². The average Bonchev–Trinajstić information content (AvgIpc) is 2.56. The van der Waals surface area contributed by atoms with Gasteiger partial charge in [-0.15, -0.1) is 0 Å². The van der Waals surface area contributed by atoms with Gasteiger partial charge in [0.1, 0.15) is 17.1 Å². The molecule has 0 aliphatic carbocycles. The summed E-state index contributed by atoms with van der Waals surface area (Å²) < 4.78 is 33.7. The minimum absolute atomic E-state index is 0.0160. The van der Waals surface area contributed by atoms with E-state index >= 15 is 0 Å². The zero-order valence-electron chi connectivity index (χ0n) is 13.2. The van der Waals surface area contributed by atoms with Gasteiger partial charge in [-0.05, 0) is 30.7 Å². The van der Waals surface area contributed by atoms with Crippen LogP contribution in [0.1, 0.15) is 15.9 Å². The molecule has 2 aromatic rings. The number of carbonyl (C=O) groups is 2. The zero-order chi connectivity index (χ0) is 18.4. The summed E-state index contributed by atoms with van der Waals surface area (Å²) in [5, 5.41) is 12.1. The summed E-state index contributed by atoms with van der Waals surface area (Å²) in [5.74, 6) is -2.07. The maximum atomic E-state index is 12.3. The number of hydrogen-bond acceptors (Lipinski definition) is 5. The minimum Gasteiger partial charge on any atom is -0.507 e. The van der Waals surface area contributed by atoms with E-state index in [1.165, 1.54) is 30.3 Å². The fourth-order valence-corrected chi connectivity index (χ4v) is 1.99. The number of amides is 1. The van der Waals surface area contributed by atoms with Crippen LogP contribution in [-0.4, -0.2) is 30.2 Å². The minimum atomic E-state index is -3.04. The fourth-order valence-electron chi connectivity index (χ4n) is 1.99. The van der Waals surface area contributed by atoms with Gasteiger partial charge in [0.15, 0.2) is 6.61 Å². The van der Waals surface area contributed by atoms with Crippen molar-refractivity contribution < 1.29 is 33.0 Å². The maximum Gasteiger partial charge on any atom is 0.387 e. The number of carbonyl (C=O) groups excluding carboxylic acids is 2. The molecule has 0 aliphatic heterocycles. The van der Waals surface area contributed by atoms with Gasteiger partial charge in [0.2, 0.25) is 0 Å². The normalized spacial score (nSPS) is 10.4. The van der Waals surface area contributed by atoms with Crippen LogP contribution in [0.3, 0.4) is 0 Å². The number of nitrogens with one attached hydrogen (secondary N) is 1. The Hall–Kier alpha value is -3.16. The molecule has 0 radical (unpaired) electrons. The van der Waals surface area contributed by atoms with Crippen LogP contribution in [0.5, 0.6) is 11.5 Å². The maximum absolute atomic E-state index is 12.3. The number of aryl methyl sites for hydroxylation is 1. The van der Waals surface area contributed by atoms with Crippen molar-refractivity contribution in [1.82, 2.24) is 0 Å². The molecule has 0 saturated carbocycles. The second-order valence-electron chi connectivity index (χ2n) is 4.97. The predicted molar refractivity (Wildman–Crippen MR) is 84.8 cm³/mol. The third-order valence-electron chi connectivity index (χ3n) is 3.17. The van der Waals surface area contributed by atoms with Crippen LogP contribution in [0.15, 0.2) is 42.5 Å². The van der Waals surface area contributed by atoms with Crippen LogP contribution in [0, 0.1) is 6.92 Å². The fraction of sp³-hybridized carbons (Fsp3) is 0.176. The first kappa shape index (κ1) is 18.2. The van der Waals surface area contributed by atoms with Crippen LogP contribution < -0.4 is 10.1 Å². The molecule has 8 heteroatoms. The van der Waals surface area contributed by atoms with Gasteiger partial charge in [-0.25, -0.2) is 4.79 Å². The average molecular weight is 351 g/mol. The molecule has 0 unspecified atom stereocenters. The van der Waals surface area contributed by atoms with Gasteiger partial charge in [-0.2, -0.15) is 8.78 Å². The van der Waals surface area contributed by atoms with Crippen LogP contribution >= 0.6 is 0 Å². The largest absolute Gasteiger partial charge is 0.507 e. The number of esters is 1. The van der Waals surface area contributed by atoms with Gasteiger partial charge >= 0.3 is 12.6 Å². The second kappa shape index (κ2) is 8.09. The Bertz CT molecular complexity index is 779. The first-order valence-corrected chi connectivity index (χ1v) is 7.18. The van der Waals surface area contributed by atoms with Gasteiger partial charge in [0.25, 0.3) is 5.91 Å². The lowest BCUT2D eigenvalue weighted by Gasteiger charge is -2.12. The van der Waals surface area contributed by atoms with Gasteiger partial charge < -0.3 is 19.9 Å². The van der Waals surface area contributed by atoms with Crippen LogP contribution in [0.4, 0.5) is 14.5 Å². The number of halogens is 2. The Morgan fingerprint density at radius 1 is 1.16 bits per heavy atom. The molecule has 0 aliphatic rings. The number of ether oxygens (including phenoxy) is 2. The van der Waals surface area contributed by atoms with Gasteiger partial charge in [0, 0.05) is 0 Å². The Kier molecular flexibility index (Phi) is 5.89. The predicted octanol–water partition coefficient (Wildman–Crippen LogP) is 3.10. The summed E-state index contributed by atoms with van der Waals surface area (Å²) in [5.41, 5.74) is 0.425. The molecule has 0 atom stereocenters. The molecule has 0 spiro atoms. The van der Waals surface area contributed by atoms with Crippen molar-refractivity contribution in [3.63, 3.8) is 0 Å². The molecular weight excluding hydrogens is 336 g/mol. The van der Waals surface area contributed by atoms with Crippen molar-refractivity contribution in [2.24, 2.45) is 0 Å². The van der Waals surface area contributed by atoms with Crippen molar-refractivity contribution in [1.29, 1.82) is 0 Å². The number of anilines is 1. The molecular formula is C17H15F2NO5. The summed E-state index contributed by atoms with van der Waals surface area (Å²) in [6.07, 6.45) is 0. The van der Waals surface area contributed by atoms with E-state index in [0.29, 0.717) is 5.56 Å². The van der Waals surface area contributed by atoms with E-state index in [-0.39, 0.29) is 22.7 Å². The highest BCUT2D eigenvalue weighted by molar-refractivity contribution is 5.97. The lowest BCUT2D eigenvalue weighted by atomic mass is 10.1. The summed E-state index contributed by atoms with van der Waals surface area (Å²) in [6.45, 7) is -2.09. The Morgan fingerprint density at radius 3 is 2.60 bits per heavy atom. The standard InChI is InChI=1S/C17H15F2NO5/c1-10-5-4-6-11(15(10)22)16(23)24-9-14(21)20-12-7-2-3-8-13(12)25-17(18)19/h2-8,17,22H,9H2,1H3,(H,20,21). The van der Waals surface area contributed by atoms with Crippen LogP contribution in [0.25, 0.3) is 0 Å². The SMILES string of the molecule is Cc1cccc(C(=O)OCC(=O)Nc2ccccc2OC(F)F)c1O. The highest BCUT2D eigenvalue weighted by Crippen LogP contribution is 2.25. The molecule has 132 valence electrons. The van der Waals surface area contributed by atoms with E-state index < -0.39 is 25.1 Å². The number of rotatable bonds is 6. The highest BCUT2D eigenvalue weighted by Gasteiger charge is 2.16. The third kappa shape index (κ3) is 4.90. The summed E-state index contributed by atoms with van der Waals surface area (Å²) >= 11 is 0. The van der Waals surface area contributed by atoms with Gasteiger partial charge in [-0.3, -0.25) is 4.79 Å². The Morgan fingerprint density at radius 2 is 1.88 bits per heavy atom. The molecule has 0 bridgehead atoms.